The molecule has 0 bridgehead atoms. The van der Waals surface area contributed by atoms with Crippen LogP contribution in [0.1, 0.15) is 66.7 Å². The van der Waals surface area contributed by atoms with Crippen molar-refractivity contribution in [2.24, 2.45) is 5.73 Å². The zero-order valence-electron chi connectivity index (χ0n) is 14.5. The Kier molecular flexibility index (Phi) is 7.49. The summed E-state index contributed by atoms with van der Waals surface area (Å²) in [6.07, 6.45) is 6.25. The SMILES string of the molecule is CCCCN(C(C)CC)C1(CN)CCN(C(C)C)CC1. The topological polar surface area (TPSA) is 32.5 Å². The molecule has 1 unspecified atom stereocenters. The Bertz CT molecular complexity index is 257. The van der Waals surface area contributed by atoms with Gasteiger partial charge in [0.15, 0.2) is 0 Å². The maximum Gasteiger partial charge on any atom is 0.0358 e. The van der Waals surface area contributed by atoms with Crippen molar-refractivity contribution in [2.75, 3.05) is 26.2 Å². The number of unbranched alkanes of at least 4 members (excludes halogenated alkanes) is 1. The van der Waals surface area contributed by atoms with Crippen LogP contribution in [0.4, 0.5) is 0 Å². The molecular formula is C17H37N3. The zero-order chi connectivity index (χ0) is 15.2. The van der Waals surface area contributed by atoms with Crippen LogP contribution >= 0.6 is 0 Å². The Balaban J connectivity index is 2.78. The van der Waals surface area contributed by atoms with Crippen molar-refractivity contribution in [1.29, 1.82) is 0 Å². The lowest BCUT2D eigenvalue weighted by Gasteiger charge is -2.51. The van der Waals surface area contributed by atoms with Gasteiger partial charge >= 0.3 is 0 Å². The minimum Gasteiger partial charge on any atom is -0.329 e. The van der Waals surface area contributed by atoms with Crippen LogP contribution in [0.3, 0.4) is 0 Å². The highest BCUT2D eigenvalue weighted by atomic mass is 15.3. The van der Waals surface area contributed by atoms with E-state index in [0.29, 0.717) is 12.1 Å². The quantitative estimate of drug-likeness (QED) is 0.743. The molecule has 3 heteroatoms. The van der Waals surface area contributed by atoms with Gasteiger partial charge in [0, 0.05) is 37.3 Å². The van der Waals surface area contributed by atoms with Gasteiger partial charge in [-0.05, 0) is 53.0 Å². The highest BCUT2D eigenvalue weighted by Crippen LogP contribution is 2.31. The highest BCUT2D eigenvalue weighted by molar-refractivity contribution is 4.98. The summed E-state index contributed by atoms with van der Waals surface area (Å²) in [5.74, 6) is 0. The molecule has 1 aliphatic heterocycles. The molecule has 1 rings (SSSR count). The third-order valence-electron chi connectivity index (χ3n) is 5.32. The molecule has 2 N–H and O–H groups in total. The monoisotopic (exact) mass is 283 g/mol. The summed E-state index contributed by atoms with van der Waals surface area (Å²) in [6.45, 7) is 16.0. The van der Waals surface area contributed by atoms with Gasteiger partial charge < -0.3 is 10.6 Å². The second-order valence-electron chi connectivity index (χ2n) is 6.86. The fourth-order valence-corrected chi connectivity index (χ4v) is 3.54. The first-order valence-electron chi connectivity index (χ1n) is 8.71. The number of hydrogen-bond donors (Lipinski definition) is 1. The molecule has 1 heterocycles. The Morgan fingerprint density at radius 1 is 1.15 bits per heavy atom. The summed E-state index contributed by atoms with van der Waals surface area (Å²) in [4.78, 5) is 5.34. The zero-order valence-corrected chi connectivity index (χ0v) is 14.5. The van der Waals surface area contributed by atoms with E-state index in [1.165, 1.54) is 51.7 Å². The van der Waals surface area contributed by atoms with Crippen molar-refractivity contribution in [3.8, 4) is 0 Å². The van der Waals surface area contributed by atoms with E-state index in [1.807, 2.05) is 0 Å². The van der Waals surface area contributed by atoms with Crippen molar-refractivity contribution in [2.45, 2.75) is 84.3 Å². The second kappa shape index (κ2) is 8.35. The molecule has 0 saturated carbocycles. The van der Waals surface area contributed by atoms with E-state index in [1.54, 1.807) is 0 Å². The van der Waals surface area contributed by atoms with Gasteiger partial charge in [0.1, 0.15) is 0 Å². The van der Waals surface area contributed by atoms with Gasteiger partial charge in [0.05, 0.1) is 0 Å². The first-order valence-corrected chi connectivity index (χ1v) is 8.71. The first kappa shape index (κ1) is 17.9. The van der Waals surface area contributed by atoms with Crippen molar-refractivity contribution >= 4 is 0 Å². The largest absolute Gasteiger partial charge is 0.329 e. The van der Waals surface area contributed by atoms with Crippen LogP contribution in [0.5, 0.6) is 0 Å². The summed E-state index contributed by atoms with van der Waals surface area (Å²) in [7, 11) is 0. The Morgan fingerprint density at radius 2 is 1.75 bits per heavy atom. The average Bonchev–Trinajstić information content (AvgIpc) is 2.47. The van der Waals surface area contributed by atoms with Crippen molar-refractivity contribution in [3.63, 3.8) is 0 Å². The van der Waals surface area contributed by atoms with Crippen LogP contribution in [0, 0.1) is 0 Å². The second-order valence-corrected chi connectivity index (χ2v) is 6.86. The predicted molar refractivity (Wildman–Crippen MR) is 89.1 cm³/mol. The molecular weight excluding hydrogens is 246 g/mol. The fraction of sp³-hybridized carbons (Fsp3) is 1.00. The first-order chi connectivity index (χ1) is 9.50. The van der Waals surface area contributed by atoms with E-state index >= 15 is 0 Å². The maximum atomic E-state index is 6.26. The van der Waals surface area contributed by atoms with Crippen LogP contribution in [0.2, 0.25) is 0 Å². The Labute approximate surface area is 126 Å². The van der Waals surface area contributed by atoms with Crippen molar-refractivity contribution in [3.05, 3.63) is 0 Å². The Morgan fingerprint density at radius 3 is 2.15 bits per heavy atom. The molecule has 0 aromatic heterocycles. The molecule has 0 aromatic carbocycles. The molecule has 1 aliphatic rings. The van der Waals surface area contributed by atoms with Gasteiger partial charge in [0.2, 0.25) is 0 Å². The smallest absolute Gasteiger partial charge is 0.0358 e. The van der Waals surface area contributed by atoms with Gasteiger partial charge in [-0.15, -0.1) is 0 Å². The summed E-state index contributed by atoms with van der Waals surface area (Å²) in [6, 6.07) is 1.31. The van der Waals surface area contributed by atoms with Crippen LogP contribution < -0.4 is 5.73 Å². The lowest BCUT2D eigenvalue weighted by molar-refractivity contribution is -0.00743. The van der Waals surface area contributed by atoms with E-state index in [0.717, 1.165) is 6.54 Å². The molecule has 1 atom stereocenters. The minimum atomic E-state index is 0.246. The number of likely N-dealkylation sites (tertiary alicyclic amines) is 1. The van der Waals surface area contributed by atoms with E-state index in [-0.39, 0.29) is 5.54 Å². The molecule has 1 saturated heterocycles. The van der Waals surface area contributed by atoms with E-state index < -0.39 is 0 Å². The maximum absolute atomic E-state index is 6.26. The van der Waals surface area contributed by atoms with E-state index in [9.17, 15) is 0 Å². The van der Waals surface area contributed by atoms with Gasteiger partial charge in [0.25, 0.3) is 0 Å². The molecule has 20 heavy (non-hydrogen) atoms. The summed E-state index contributed by atoms with van der Waals surface area (Å²) >= 11 is 0. The molecule has 0 spiro atoms. The molecule has 0 radical (unpaired) electrons. The molecule has 0 aliphatic carbocycles. The highest BCUT2D eigenvalue weighted by Gasteiger charge is 2.40. The molecule has 0 amide bonds. The summed E-state index contributed by atoms with van der Waals surface area (Å²) in [5.41, 5.74) is 6.51. The van der Waals surface area contributed by atoms with Gasteiger partial charge in [-0.25, -0.2) is 0 Å². The minimum absolute atomic E-state index is 0.246. The number of nitrogens with two attached hydrogens (primary N) is 1. The number of rotatable bonds is 8. The van der Waals surface area contributed by atoms with Crippen molar-refractivity contribution < 1.29 is 0 Å². The molecule has 3 nitrogen and oxygen atoms in total. The Hall–Kier alpha value is -0.120. The van der Waals surface area contributed by atoms with Crippen LogP contribution in [0.15, 0.2) is 0 Å². The standard InChI is InChI=1S/C17H37N3/c1-6-8-11-20(16(5)7-2)17(14-18)9-12-19(13-10-17)15(3)4/h15-16H,6-14,18H2,1-5H3. The lowest BCUT2D eigenvalue weighted by atomic mass is 9.83. The van der Waals surface area contributed by atoms with Crippen molar-refractivity contribution in [1.82, 2.24) is 9.80 Å². The lowest BCUT2D eigenvalue weighted by Crippen LogP contribution is -2.62. The van der Waals surface area contributed by atoms with Gasteiger partial charge in [-0.1, -0.05) is 20.3 Å². The van der Waals surface area contributed by atoms with Crippen LogP contribution in [-0.4, -0.2) is 53.6 Å². The van der Waals surface area contributed by atoms with Crippen LogP contribution in [-0.2, 0) is 0 Å². The number of nitrogens with zero attached hydrogens (tertiary/aromatic N) is 2. The predicted octanol–water partition coefficient (Wildman–Crippen LogP) is 3.09. The molecule has 120 valence electrons. The van der Waals surface area contributed by atoms with E-state index in [2.05, 4.69) is 44.4 Å². The third kappa shape index (κ3) is 4.19. The van der Waals surface area contributed by atoms with Gasteiger partial charge in [-0.2, -0.15) is 0 Å². The molecule has 1 fully saturated rings. The fourth-order valence-electron chi connectivity index (χ4n) is 3.54. The van der Waals surface area contributed by atoms with Gasteiger partial charge in [-0.3, -0.25) is 4.90 Å². The summed E-state index contributed by atoms with van der Waals surface area (Å²) in [5, 5.41) is 0. The van der Waals surface area contributed by atoms with E-state index in [4.69, 9.17) is 5.73 Å². The average molecular weight is 284 g/mol. The molecule has 0 aromatic rings. The third-order valence-corrected chi connectivity index (χ3v) is 5.32. The number of piperidine rings is 1. The summed E-state index contributed by atoms with van der Waals surface area (Å²) < 4.78 is 0. The van der Waals surface area contributed by atoms with Crippen LogP contribution in [0.25, 0.3) is 0 Å². The number of hydrogen-bond acceptors (Lipinski definition) is 3. The normalized spacial score (nSPS) is 21.6.